The molecule has 8 nitrogen and oxygen atoms in total. The lowest BCUT2D eigenvalue weighted by Crippen LogP contribution is -2.37. The van der Waals surface area contributed by atoms with Crippen LogP contribution >= 0.6 is 7.82 Å². The van der Waals surface area contributed by atoms with Crippen molar-refractivity contribution >= 4 is 13.8 Å². The molecule has 0 aliphatic rings. The number of carbonyl (C=O) groups excluding carboxylic acids is 1. The maximum Gasteiger partial charge on any atom is 0.472 e. The van der Waals surface area contributed by atoms with Gasteiger partial charge in [-0.1, -0.05) is 205 Å². The number of likely N-dealkylation sites (N-methyl/N-ethyl adjacent to an activating group) is 1. The van der Waals surface area contributed by atoms with Gasteiger partial charge in [0.1, 0.15) is 19.3 Å². The Hall–Kier alpha value is -3.36. The summed E-state index contributed by atoms with van der Waals surface area (Å²) in [5.41, 5.74) is 0. The van der Waals surface area contributed by atoms with Gasteiger partial charge in [-0.05, 0) is 103 Å². The Morgan fingerprint density at radius 1 is 0.449 bits per heavy atom. The highest BCUT2D eigenvalue weighted by atomic mass is 31.2. The maximum atomic E-state index is 12.8. The number of esters is 1. The molecule has 392 valence electrons. The number of phosphoric acid groups is 1. The molecule has 0 aliphatic heterocycles. The monoisotopic (exact) mass is 979 g/mol. The van der Waals surface area contributed by atoms with E-state index in [1.165, 1.54) is 64.2 Å². The summed E-state index contributed by atoms with van der Waals surface area (Å²) in [5, 5.41) is 0. The highest BCUT2D eigenvalue weighted by Crippen LogP contribution is 2.43. The van der Waals surface area contributed by atoms with Crippen molar-refractivity contribution in [2.24, 2.45) is 0 Å². The molecular weight excluding hydrogens is 878 g/mol. The van der Waals surface area contributed by atoms with E-state index >= 15 is 0 Å². The summed E-state index contributed by atoms with van der Waals surface area (Å²) in [5.74, 6) is -0.377. The summed E-state index contributed by atoms with van der Waals surface area (Å²) >= 11 is 0. The Bertz CT molecular complexity index is 1560. The number of rotatable bonds is 48. The molecular formula is C60H101NO7P+. The van der Waals surface area contributed by atoms with Gasteiger partial charge < -0.3 is 18.9 Å². The lowest BCUT2D eigenvalue weighted by Gasteiger charge is -2.24. The van der Waals surface area contributed by atoms with E-state index in [0.29, 0.717) is 24.1 Å². The van der Waals surface area contributed by atoms with E-state index in [1.807, 2.05) is 21.1 Å². The molecule has 0 fully saturated rings. The highest BCUT2D eigenvalue weighted by molar-refractivity contribution is 7.47. The van der Waals surface area contributed by atoms with Crippen molar-refractivity contribution in [3.63, 3.8) is 0 Å². The second kappa shape index (κ2) is 51.0. The number of quaternary nitrogens is 1. The summed E-state index contributed by atoms with van der Waals surface area (Å²) in [6.07, 6.45) is 75.1. The van der Waals surface area contributed by atoms with Crippen LogP contribution in [0.15, 0.2) is 134 Å². The zero-order chi connectivity index (χ0) is 50.5. The van der Waals surface area contributed by atoms with E-state index in [-0.39, 0.29) is 32.2 Å². The van der Waals surface area contributed by atoms with E-state index in [1.54, 1.807) is 0 Å². The Labute approximate surface area is 424 Å². The number of ether oxygens (including phenoxy) is 2. The minimum atomic E-state index is -4.31. The SMILES string of the molecule is CC/C=C\C/C=C\C/C=C\C/C=C\C/C=C\C/C=C\C/C=C\CCCC(=O)OC(COCCCCCCCCCCCCC/C=C\C/C=C\C/C=C\C/C=C\CC)COP(=O)(O)OCC[N+](C)(C)C. The van der Waals surface area contributed by atoms with E-state index < -0.39 is 13.9 Å². The number of hydrogen-bond donors (Lipinski definition) is 1. The van der Waals surface area contributed by atoms with Gasteiger partial charge in [0.25, 0.3) is 0 Å². The Morgan fingerprint density at radius 2 is 0.797 bits per heavy atom. The first kappa shape index (κ1) is 65.6. The van der Waals surface area contributed by atoms with Crippen molar-refractivity contribution in [3.8, 4) is 0 Å². The molecule has 0 aromatic rings. The normalized spacial score (nSPS) is 14.6. The smallest absolute Gasteiger partial charge is 0.457 e. The fourth-order valence-corrected chi connectivity index (χ4v) is 7.39. The molecule has 1 N–H and O–H groups in total. The average Bonchev–Trinajstić information content (AvgIpc) is 3.31. The zero-order valence-electron chi connectivity index (χ0n) is 44.5. The maximum absolute atomic E-state index is 12.8. The van der Waals surface area contributed by atoms with Crippen LogP contribution in [0, 0.1) is 0 Å². The molecule has 0 rings (SSSR count). The quantitative estimate of drug-likeness (QED) is 0.0213. The molecule has 0 aromatic heterocycles. The fourth-order valence-electron chi connectivity index (χ4n) is 6.65. The van der Waals surface area contributed by atoms with E-state index in [4.69, 9.17) is 18.5 Å². The Morgan fingerprint density at radius 3 is 1.19 bits per heavy atom. The fraction of sp³-hybridized carbons (Fsp3) is 0.617. The van der Waals surface area contributed by atoms with Crippen LogP contribution in [0.2, 0.25) is 0 Å². The summed E-state index contributed by atoms with van der Waals surface area (Å²) < 4.78 is 35.1. The zero-order valence-corrected chi connectivity index (χ0v) is 45.4. The largest absolute Gasteiger partial charge is 0.472 e. The van der Waals surface area contributed by atoms with Gasteiger partial charge in [0.15, 0.2) is 0 Å². The van der Waals surface area contributed by atoms with Gasteiger partial charge in [0.2, 0.25) is 0 Å². The molecule has 9 heteroatoms. The minimum Gasteiger partial charge on any atom is -0.457 e. The van der Waals surface area contributed by atoms with Gasteiger partial charge in [-0.3, -0.25) is 13.8 Å². The summed E-state index contributed by atoms with van der Waals surface area (Å²) in [6.45, 7) is 5.28. The second-order valence-electron chi connectivity index (χ2n) is 18.5. The molecule has 2 atom stereocenters. The van der Waals surface area contributed by atoms with Crippen LogP contribution in [0.4, 0.5) is 0 Å². The first-order chi connectivity index (χ1) is 33.6. The molecule has 0 bridgehead atoms. The summed E-state index contributed by atoms with van der Waals surface area (Å²) in [7, 11) is 1.61. The van der Waals surface area contributed by atoms with E-state index in [9.17, 15) is 14.3 Å². The first-order valence-corrected chi connectivity index (χ1v) is 28.4. The molecule has 0 aromatic carbocycles. The van der Waals surface area contributed by atoms with Gasteiger partial charge in [-0.15, -0.1) is 0 Å². The van der Waals surface area contributed by atoms with Crippen molar-refractivity contribution in [1.82, 2.24) is 0 Å². The lowest BCUT2D eigenvalue weighted by atomic mass is 10.1. The predicted molar refractivity (Wildman–Crippen MR) is 297 cm³/mol. The number of nitrogens with zero attached hydrogens (tertiary/aromatic N) is 1. The van der Waals surface area contributed by atoms with E-state index in [2.05, 4.69) is 148 Å². The molecule has 2 unspecified atom stereocenters. The van der Waals surface area contributed by atoms with Gasteiger partial charge in [-0.2, -0.15) is 0 Å². The van der Waals surface area contributed by atoms with Crippen molar-refractivity contribution in [1.29, 1.82) is 0 Å². The molecule has 69 heavy (non-hydrogen) atoms. The van der Waals surface area contributed by atoms with Crippen LogP contribution in [0.1, 0.15) is 181 Å². The minimum absolute atomic E-state index is 0.0690. The third-order valence-corrected chi connectivity index (χ3v) is 11.7. The summed E-state index contributed by atoms with van der Waals surface area (Å²) in [6, 6.07) is 0. The molecule has 0 aliphatic carbocycles. The van der Waals surface area contributed by atoms with Crippen LogP contribution in [-0.2, 0) is 27.9 Å². The number of unbranched alkanes of at least 4 members (excludes halogenated alkanes) is 12. The standard InChI is InChI=1S/C60H100NO7P/c1-6-8-10-12-14-16-18-20-22-24-26-28-30-32-34-36-38-40-42-44-46-48-50-52-55-65-57-59(58-67-69(63,64)66-56-54-61(3,4)5)68-60(62)53-51-49-47-45-43-41-39-37-35-33-31-29-27-25-23-21-19-17-15-13-11-9-7-2/h8-11,14-17,20-23,26-29,33,35,39,41,45,47,59H,6-7,12-13,18-19,24-25,30-32,34,36-38,40,42-44,46,48-58H2,1-5H3/p+1/b10-8-,11-9-,16-14-,17-15-,22-20-,23-21-,28-26-,29-27-,35-33-,41-39-,47-45-. The van der Waals surface area contributed by atoms with Crippen LogP contribution in [0.25, 0.3) is 0 Å². The second-order valence-corrected chi connectivity index (χ2v) is 19.9. The van der Waals surface area contributed by atoms with Gasteiger partial charge in [0, 0.05) is 13.0 Å². The van der Waals surface area contributed by atoms with Crippen LogP contribution in [0.3, 0.4) is 0 Å². The molecule has 0 amide bonds. The van der Waals surface area contributed by atoms with Crippen molar-refractivity contribution in [3.05, 3.63) is 134 Å². The third-order valence-electron chi connectivity index (χ3n) is 10.7. The Balaban J connectivity index is 4.26. The highest BCUT2D eigenvalue weighted by Gasteiger charge is 2.26. The molecule has 0 saturated carbocycles. The predicted octanol–water partition coefficient (Wildman–Crippen LogP) is 17.1. The number of hydrogen-bond acceptors (Lipinski definition) is 6. The van der Waals surface area contributed by atoms with Crippen molar-refractivity contribution in [2.45, 2.75) is 187 Å². The van der Waals surface area contributed by atoms with Crippen molar-refractivity contribution in [2.75, 3.05) is 54.1 Å². The first-order valence-electron chi connectivity index (χ1n) is 26.9. The van der Waals surface area contributed by atoms with Gasteiger partial charge in [0.05, 0.1) is 34.4 Å². The summed E-state index contributed by atoms with van der Waals surface area (Å²) in [4.78, 5) is 23.0. The number of phosphoric ester groups is 1. The van der Waals surface area contributed by atoms with Gasteiger partial charge in [-0.25, -0.2) is 4.57 Å². The molecule has 0 saturated heterocycles. The van der Waals surface area contributed by atoms with E-state index in [0.717, 1.165) is 89.9 Å². The van der Waals surface area contributed by atoms with Crippen LogP contribution in [-0.4, -0.2) is 75.6 Å². The third kappa shape index (κ3) is 55.4. The topological polar surface area (TPSA) is 91.3 Å². The van der Waals surface area contributed by atoms with Crippen LogP contribution < -0.4 is 0 Å². The van der Waals surface area contributed by atoms with Crippen LogP contribution in [0.5, 0.6) is 0 Å². The number of allylic oxidation sites excluding steroid dienone is 22. The van der Waals surface area contributed by atoms with Gasteiger partial charge >= 0.3 is 13.8 Å². The lowest BCUT2D eigenvalue weighted by molar-refractivity contribution is -0.870. The number of carbonyl (C=O) groups is 1. The average molecular weight is 979 g/mol. The molecule has 0 radical (unpaired) electrons. The molecule has 0 spiro atoms. The molecule has 0 heterocycles. The van der Waals surface area contributed by atoms with Crippen molar-refractivity contribution < 1.29 is 37.3 Å². The Kier molecular flexibility index (Phi) is 48.5.